The monoisotopic (exact) mass is 851 g/mol. The number of nitrogens with one attached hydrogen (secondary N) is 1. The normalized spacial score (nSPS) is 18.2. The van der Waals surface area contributed by atoms with Gasteiger partial charge in [0.25, 0.3) is 14.4 Å². The van der Waals surface area contributed by atoms with Crippen LogP contribution in [0.25, 0.3) is 0 Å². The van der Waals surface area contributed by atoms with E-state index >= 15 is 4.39 Å². The molecule has 5 aromatic rings. The molecule has 0 aliphatic carbocycles. The first kappa shape index (κ1) is 45.0. The first-order chi connectivity index (χ1) is 29.5. The zero-order valence-electron chi connectivity index (χ0n) is 35.0. The van der Waals surface area contributed by atoms with Gasteiger partial charge in [-0.1, -0.05) is 72.8 Å². The number of aromatic nitrogens is 2. The topological polar surface area (TPSA) is 146 Å². The van der Waals surface area contributed by atoms with Crippen LogP contribution in [0.15, 0.2) is 126 Å². The van der Waals surface area contributed by atoms with Crippen LogP contribution in [0.4, 0.5) is 10.2 Å². The number of hydrogen-bond donors (Lipinski definition) is 1. The highest BCUT2D eigenvalue weighted by molar-refractivity contribution is 7.44. The van der Waals surface area contributed by atoms with Gasteiger partial charge >= 0.3 is 5.69 Å². The summed E-state index contributed by atoms with van der Waals surface area (Å²) in [6.07, 6.45) is -4.41. The maximum atomic E-state index is 17.5. The van der Waals surface area contributed by atoms with Crippen molar-refractivity contribution in [2.24, 2.45) is 0 Å². The first-order valence-electron chi connectivity index (χ1n) is 20.0. The van der Waals surface area contributed by atoms with Crippen molar-refractivity contribution in [3.8, 4) is 17.6 Å². The molecule has 1 aliphatic heterocycles. The second-order valence-electron chi connectivity index (χ2n) is 14.8. The zero-order valence-corrected chi connectivity index (χ0v) is 35.9. The van der Waals surface area contributed by atoms with Gasteiger partial charge in [0.15, 0.2) is 12.4 Å². The number of halogens is 1. The van der Waals surface area contributed by atoms with Crippen LogP contribution in [0, 0.1) is 11.3 Å². The van der Waals surface area contributed by atoms with Gasteiger partial charge in [-0.05, 0) is 86.8 Å². The molecule has 1 N–H and O–H groups in total. The van der Waals surface area contributed by atoms with E-state index in [1.807, 2.05) is 111 Å². The lowest BCUT2D eigenvalue weighted by Crippen LogP contribution is -2.40. The third kappa shape index (κ3) is 10.3. The first-order valence-corrected chi connectivity index (χ1v) is 21.1. The van der Waals surface area contributed by atoms with Crippen LogP contribution in [0.5, 0.6) is 11.5 Å². The summed E-state index contributed by atoms with van der Waals surface area (Å²) in [5.74, 6) is 0.826. The molecule has 4 aromatic carbocycles. The molecule has 0 bridgehead atoms. The van der Waals surface area contributed by atoms with E-state index in [0.29, 0.717) is 17.1 Å². The molecule has 15 heteroatoms. The maximum absolute atomic E-state index is 17.5. The Morgan fingerprint density at radius 3 is 1.97 bits per heavy atom. The molecule has 5 atom stereocenters. The summed E-state index contributed by atoms with van der Waals surface area (Å²) >= 11 is 0. The number of rotatable bonds is 19. The lowest BCUT2D eigenvalue weighted by molar-refractivity contribution is -0.0907. The van der Waals surface area contributed by atoms with Crippen molar-refractivity contribution in [2.75, 3.05) is 32.8 Å². The van der Waals surface area contributed by atoms with Gasteiger partial charge in [-0.2, -0.15) is 10.2 Å². The van der Waals surface area contributed by atoms with E-state index in [-0.39, 0.29) is 37.5 Å². The molecule has 320 valence electrons. The van der Waals surface area contributed by atoms with Crippen molar-refractivity contribution in [1.29, 1.82) is 5.26 Å². The number of alkyl halides is 1. The lowest BCUT2D eigenvalue weighted by atomic mass is 9.80. The molecule has 2 heterocycles. The molecule has 1 aromatic heterocycles. The molecule has 13 nitrogen and oxygen atoms in total. The fourth-order valence-electron chi connectivity index (χ4n) is 7.30. The molecule has 61 heavy (non-hydrogen) atoms. The van der Waals surface area contributed by atoms with E-state index in [9.17, 15) is 14.9 Å². The standard InChI is InChI=1S/C46H51FN5O8P/c1-31(2)52(32(3)4)61(58-29-13-27-48)60-42-41(47)39(59-44(42)51-28-26-40(50-45(51)54)49-43(53)33-14-9-7-10-15-33)30-57-46(34-16-11-8-12-17-34,35-18-22-37(55-5)23-19-35)36-20-24-38(56-6)25-21-36/h7-12,14-26,28,31-32,39,41-42,44H,13,29-30H2,1-6H3,(H,49,50,53,54)/t39-,41?,42-,44-,61?/m1/s1. The second kappa shape index (κ2) is 20.8. The van der Waals surface area contributed by atoms with E-state index in [0.717, 1.165) is 21.3 Å². The van der Waals surface area contributed by atoms with Gasteiger partial charge in [0.05, 0.1) is 39.9 Å². The summed E-state index contributed by atoms with van der Waals surface area (Å²) in [5.41, 5.74) is 0.491. The number of nitriles is 1. The number of anilines is 1. The molecule has 1 aliphatic rings. The van der Waals surface area contributed by atoms with Gasteiger partial charge in [0.1, 0.15) is 35.1 Å². The average Bonchev–Trinajstić information content (AvgIpc) is 3.58. The van der Waals surface area contributed by atoms with E-state index in [4.69, 9.17) is 28.0 Å². The Kier molecular flexibility index (Phi) is 15.4. The van der Waals surface area contributed by atoms with Crippen LogP contribution in [0.2, 0.25) is 0 Å². The predicted octanol–water partition coefficient (Wildman–Crippen LogP) is 8.42. The van der Waals surface area contributed by atoms with Gasteiger partial charge in [-0.25, -0.2) is 13.9 Å². The summed E-state index contributed by atoms with van der Waals surface area (Å²) in [4.78, 5) is 30.9. The second-order valence-corrected chi connectivity index (χ2v) is 16.2. The third-order valence-corrected chi connectivity index (χ3v) is 12.3. The Labute approximate surface area is 356 Å². The Morgan fingerprint density at radius 2 is 1.44 bits per heavy atom. The minimum absolute atomic E-state index is 0.00163. The van der Waals surface area contributed by atoms with Gasteiger partial charge in [0.2, 0.25) is 0 Å². The molecule has 1 amide bonds. The van der Waals surface area contributed by atoms with Crippen LogP contribution in [-0.2, 0) is 24.1 Å². The fraction of sp³-hybridized carbons (Fsp3) is 0.348. The van der Waals surface area contributed by atoms with Crippen molar-refractivity contribution in [2.45, 2.75) is 76.4 Å². The van der Waals surface area contributed by atoms with Crippen LogP contribution in [0.3, 0.4) is 0 Å². The summed E-state index contributed by atoms with van der Waals surface area (Å²) in [6, 6.07) is 36.3. The number of ether oxygens (including phenoxy) is 4. The van der Waals surface area contributed by atoms with Crippen LogP contribution >= 0.6 is 8.53 Å². The zero-order chi connectivity index (χ0) is 43.5. The number of amides is 1. The highest BCUT2D eigenvalue weighted by Gasteiger charge is 2.51. The molecule has 1 saturated heterocycles. The summed E-state index contributed by atoms with van der Waals surface area (Å²) in [7, 11) is 1.19. The number of carbonyl (C=O) groups excluding carboxylic acids is 1. The van der Waals surface area contributed by atoms with E-state index < -0.39 is 50.3 Å². The molecule has 0 saturated carbocycles. The number of carbonyl (C=O) groups is 1. The van der Waals surface area contributed by atoms with E-state index in [1.54, 1.807) is 44.6 Å². The van der Waals surface area contributed by atoms with Crippen molar-refractivity contribution < 1.29 is 37.2 Å². The Hall–Kier alpha value is -5.52. The summed E-state index contributed by atoms with van der Waals surface area (Å²) in [5, 5.41) is 12.0. The molecular weight excluding hydrogens is 801 g/mol. The van der Waals surface area contributed by atoms with E-state index in [1.165, 1.54) is 12.3 Å². The molecule has 6 rings (SSSR count). The molecular formula is C46H51FN5O8P. The van der Waals surface area contributed by atoms with Crippen LogP contribution in [0.1, 0.15) is 67.4 Å². The number of methoxy groups -OCH3 is 2. The van der Waals surface area contributed by atoms with E-state index in [2.05, 4.69) is 16.4 Å². The molecule has 0 radical (unpaired) electrons. The van der Waals surface area contributed by atoms with Crippen molar-refractivity contribution >= 4 is 20.3 Å². The quantitative estimate of drug-likeness (QED) is 0.0485. The van der Waals surface area contributed by atoms with Gasteiger partial charge < -0.3 is 33.3 Å². The molecule has 2 unspecified atom stereocenters. The highest BCUT2D eigenvalue weighted by atomic mass is 31.2. The fourth-order valence-corrected chi connectivity index (χ4v) is 9.03. The van der Waals surface area contributed by atoms with Crippen molar-refractivity contribution in [3.63, 3.8) is 0 Å². The van der Waals surface area contributed by atoms with Crippen molar-refractivity contribution in [3.05, 3.63) is 154 Å². The smallest absolute Gasteiger partial charge is 0.351 e. The lowest BCUT2D eigenvalue weighted by Gasteiger charge is -2.38. The Morgan fingerprint density at radius 1 is 0.885 bits per heavy atom. The van der Waals surface area contributed by atoms with Crippen LogP contribution < -0.4 is 20.5 Å². The van der Waals surface area contributed by atoms with Crippen LogP contribution in [-0.4, -0.2) is 78.0 Å². The summed E-state index contributed by atoms with van der Waals surface area (Å²) < 4.78 is 57.9. The van der Waals surface area contributed by atoms with Gasteiger partial charge in [0, 0.05) is 23.8 Å². The predicted molar refractivity (Wildman–Crippen MR) is 230 cm³/mol. The van der Waals surface area contributed by atoms with Gasteiger partial charge in [-0.15, -0.1) is 0 Å². The average molecular weight is 852 g/mol. The number of benzene rings is 4. The van der Waals surface area contributed by atoms with Crippen molar-refractivity contribution in [1.82, 2.24) is 14.2 Å². The number of hydrogen-bond acceptors (Lipinski definition) is 11. The SMILES string of the molecule is COc1ccc(C(OC[C@H]2O[C@@H](n3ccc(NC(=O)c4ccccc4)nc3=O)[C@H](OP(OCCC#N)N(C(C)C)C(C)C)C2F)(c2ccccc2)c2ccc(OC)cc2)cc1. The Balaban J connectivity index is 1.40. The highest BCUT2D eigenvalue weighted by Crippen LogP contribution is 2.51. The largest absolute Gasteiger partial charge is 0.497 e. The minimum atomic E-state index is -1.99. The maximum Gasteiger partial charge on any atom is 0.351 e. The molecule has 0 spiro atoms. The molecule has 1 fully saturated rings. The van der Waals surface area contributed by atoms with Gasteiger partial charge in [-0.3, -0.25) is 9.36 Å². The minimum Gasteiger partial charge on any atom is -0.497 e. The number of nitrogens with zero attached hydrogens (tertiary/aromatic N) is 4. The summed E-state index contributed by atoms with van der Waals surface area (Å²) in [6.45, 7) is 7.62. The third-order valence-electron chi connectivity index (χ3n) is 10.2. The Bertz CT molecular complexity index is 2220.